The smallest absolute Gasteiger partial charge is 0.423 e. The van der Waals surface area contributed by atoms with Gasteiger partial charge < -0.3 is 20.1 Å². The van der Waals surface area contributed by atoms with E-state index in [9.17, 15) is 20.1 Å². The van der Waals surface area contributed by atoms with Crippen molar-refractivity contribution in [2.75, 3.05) is 0 Å². The van der Waals surface area contributed by atoms with Gasteiger partial charge in [-0.15, -0.1) is 0 Å². The van der Waals surface area contributed by atoms with Crippen LogP contribution in [0.25, 0.3) is 23.3 Å². The van der Waals surface area contributed by atoms with Crippen LogP contribution in [0.1, 0.15) is 33.4 Å². The first-order valence-electron chi connectivity index (χ1n) is 16.4. The van der Waals surface area contributed by atoms with E-state index in [4.69, 9.17) is 0 Å². The Hall–Kier alpha value is -5.51. The summed E-state index contributed by atoms with van der Waals surface area (Å²) in [5, 5.41) is 39.8. The molecule has 10 heteroatoms. The van der Waals surface area contributed by atoms with E-state index in [0.29, 0.717) is 37.1 Å². The van der Waals surface area contributed by atoms with Crippen molar-refractivity contribution in [3.05, 3.63) is 181 Å². The van der Waals surface area contributed by atoms with Crippen molar-refractivity contribution in [3.63, 3.8) is 0 Å². The van der Waals surface area contributed by atoms with Crippen LogP contribution in [0.4, 0.5) is 0 Å². The lowest BCUT2D eigenvalue weighted by atomic mass is 9.78. The monoisotopic (exact) mass is 662 g/mol. The van der Waals surface area contributed by atoms with Crippen molar-refractivity contribution in [1.29, 1.82) is 0 Å². The van der Waals surface area contributed by atoms with Gasteiger partial charge in [0.2, 0.25) is 0 Å². The van der Waals surface area contributed by atoms with E-state index in [1.54, 1.807) is 12.2 Å². The van der Waals surface area contributed by atoms with E-state index in [1.807, 2.05) is 107 Å². The lowest BCUT2D eigenvalue weighted by Gasteiger charge is -2.08. The third kappa shape index (κ3) is 8.93. The normalized spacial score (nSPS) is 10.9. The number of aromatic nitrogens is 4. The quantitative estimate of drug-likeness (QED) is 0.111. The molecule has 0 radical (unpaired) electrons. The van der Waals surface area contributed by atoms with Crippen molar-refractivity contribution in [1.82, 2.24) is 0 Å². The summed E-state index contributed by atoms with van der Waals surface area (Å²) in [6, 6.07) is 27.7. The Morgan fingerprint density at radius 3 is 0.920 bits per heavy atom. The van der Waals surface area contributed by atoms with Crippen LogP contribution in [0.2, 0.25) is 0 Å². The molecular formula is C40H40B2N4O4+4. The van der Waals surface area contributed by atoms with Crippen LogP contribution in [0, 0.1) is 0 Å². The molecule has 0 spiro atoms. The fourth-order valence-electron chi connectivity index (χ4n) is 6.02. The number of hydrogen-bond donors (Lipinski definition) is 4. The average Bonchev–Trinajstić information content (AvgIpc) is 3.13. The van der Waals surface area contributed by atoms with Gasteiger partial charge in [-0.2, -0.15) is 0 Å². The molecule has 0 aliphatic carbocycles. The summed E-state index contributed by atoms with van der Waals surface area (Å²) in [6.45, 7) is 9.96. The van der Waals surface area contributed by atoms with Gasteiger partial charge in [0.1, 0.15) is 0 Å². The second kappa shape index (κ2) is 15.8. The molecule has 0 amide bonds. The highest BCUT2D eigenvalue weighted by Crippen LogP contribution is 2.16. The summed E-state index contributed by atoms with van der Waals surface area (Å²) in [6.07, 6.45) is 19.6. The molecule has 0 saturated carbocycles. The minimum absolute atomic E-state index is 0.462. The van der Waals surface area contributed by atoms with Crippen LogP contribution in [0.15, 0.2) is 148 Å². The molecule has 4 N–H and O–H groups in total. The summed E-state index contributed by atoms with van der Waals surface area (Å²) >= 11 is 0. The van der Waals surface area contributed by atoms with Crippen LogP contribution < -0.4 is 29.2 Å². The molecule has 0 saturated heterocycles. The van der Waals surface area contributed by atoms with Crippen LogP contribution in [0.5, 0.6) is 0 Å². The summed E-state index contributed by atoms with van der Waals surface area (Å²) in [4.78, 5) is 0. The van der Waals surface area contributed by atoms with E-state index >= 15 is 0 Å². The number of pyridine rings is 4. The first-order chi connectivity index (χ1) is 24.2. The highest BCUT2D eigenvalue weighted by Gasteiger charge is 2.18. The van der Waals surface area contributed by atoms with E-state index in [1.165, 1.54) is 0 Å². The van der Waals surface area contributed by atoms with Crippen LogP contribution in [0.3, 0.4) is 0 Å². The SMILES string of the molecule is C=Cc1cc[n+](Cc2cc(C[n+]3ccc(-c4cc[n+](Cc5cc(C[n+]6ccc(C=C)cc6)cc(B(O)O)c5)cc4)cc3)cc(B(O)O)c2)cc1. The third-order valence-corrected chi connectivity index (χ3v) is 8.63. The molecule has 6 rings (SSSR count). The van der Waals surface area contributed by atoms with Gasteiger partial charge in [0.25, 0.3) is 0 Å². The van der Waals surface area contributed by atoms with Crippen LogP contribution >= 0.6 is 0 Å². The predicted octanol–water partition coefficient (Wildman–Crippen LogP) is 1.34. The Morgan fingerprint density at radius 2 is 0.680 bits per heavy atom. The fraction of sp³-hybridized carbons (Fsp3) is 0.100. The lowest BCUT2D eigenvalue weighted by Crippen LogP contribution is -2.37. The molecule has 50 heavy (non-hydrogen) atoms. The summed E-state index contributed by atoms with van der Waals surface area (Å²) in [5.41, 5.74) is 9.03. The fourth-order valence-corrected chi connectivity index (χ4v) is 6.02. The maximum atomic E-state index is 9.96. The molecule has 0 fully saturated rings. The molecule has 8 nitrogen and oxygen atoms in total. The Labute approximate surface area is 293 Å². The molecular weight excluding hydrogens is 622 g/mol. The van der Waals surface area contributed by atoms with Gasteiger partial charge >= 0.3 is 14.2 Å². The number of rotatable bonds is 13. The van der Waals surface area contributed by atoms with Crippen LogP contribution in [-0.2, 0) is 26.2 Å². The van der Waals surface area contributed by atoms with Gasteiger partial charge in [-0.05, 0) is 45.3 Å². The third-order valence-electron chi connectivity index (χ3n) is 8.63. The topological polar surface area (TPSA) is 96.4 Å². The Morgan fingerprint density at radius 1 is 0.420 bits per heavy atom. The molecule has 0 aliphatic rings. The average molecular weight is 662 g/mol. The molecule has 246 valence electrons. The zero-order valence-corrected chi connectivity index (χ0v) is 27.8. The van der Waals surface area contributed by atoms with Crippen molar-refractivity contribution < 1.29 is 38.4 Å². The zero-order chi connectivity index (χ0) is 35.0. The molecule has 0 unspecified atom stereocenters. The number of nitrogens with zero attached hydrogens (tertiary/aromatic N) is 4. The second-order valence-electron chi connectivity index (χ2n) is 12.4. The molecule has 4 heterocycles. The minimum atomic E-state index is -1.55. The van der Waals surface area contributed by atoms with Crippen molar-refractivity contribution in [2.45, 2.75) is 26.2 Å². The van der Waals surface area contributed by atoms with E-state index in [2.05, 4.69) is 58.7 Å². The molecule has 0 bridgehead atoms. The largest absolute Gasteiger partial charge is 0.488 e. The zero-order valence-electron chi connectivity index (χ0n) is 27.8. The van der Waals surface area contributed by atoms with E-state index in [0.717, 1.165) is 44.5 Å². The van der Waals surface area contributed by atoms with Gasteiger partial charge in [-0.3, -0.25) is 0 Å². The van der Waals surface area contributed by atoms with Gasteiger partial charge in [0.05, 0.1) is 0 Å². The predicted molar refractivity (Wildman–Crippen MR) is 195 cm³/mol. The van der Waals surface area contributed by atoms with Gasteiger partial charge in [-0.1, -0.05) is 49.6 Å². The first kappa shape index (κ1) is 34.4. The molecule has 6 aromatic rings. The number of benzene rings is 2. The maximum Gasteiger partial charge on any atom is 0.488 e. The highest BCUT2D eigenvalue weighted by molar-refractivity contribution is 6.59. The Balaban J connectivity index is 1.13. The lowest BCUT2D eigenvalue weighted by molar-refractivity contribution is -0.689. The Bertz CT molecular complexity index is 1930. The van der Waals surface area contributed by atoms with Crippen LogP contribution in [-0.4, -0.2) is 34.3 Å². The minimum Gasteiger partial charge on any atom is -0.423 e. The Kier molecular flexibility index (Phi) is 10.9. The van der Waals surface area contributed by atoms with Gasteiger partial charge in [0.15, 0.2) is 75.8 Å². The second-order valence-corrected chi connectivity index (χ2v) is 12.4. The standard InChI is InChI=1S/C40H40B2N4O4/c1-3-31-5-13-43(14-6-31)27-33-21-35(25-39(23-33)41(47)48)29-45-17-9-37(10-18-45)38-11-19-46(20-12-38)30-36-22-34(24-40(26-36)42(49)50)28-44-15-7-32(4-2)8-16-44/h3-26,47-50H,1-2,27-30H2/q+4. The summed E-state index contributed by atoms with van der Waals surface area (Å²) in [5.74, 6) is 0. The molecule has 0 aliphatic heterocycles. The molecule has 0 atom stereocenters. The highest BCUT2D eigenvalue weighted by atomic mass is 16.4. The molecule has 2 aromatic carbocycles. The van der Waals surface area contributed by atoms with Gasteiger partial charge in [0, 0.05) is 70.8 Å². The van der Waals surface area contributed by atoms with E-state index < -0.39 is 14.2 Å². The first-order valence-corrected chi connectivity index (χ1v) is 16.4. The maximum absolute atomic E-state index is 9.96. The van der Waals surface area contributed by atoms with Crippen molar-refractivity contribution in [3.8, 4) is 11.1 Å². The summed E-state index contributed by atoms with van der Waals surface area (Å²) < 4.78 is 8.22. The molecule has 4 aromatic heterocycles. The summed E-state index contributed by atoms with van der Waals surface area (Å²) in [7, 11) is -3.11. The van der Waals surface area contributed by atoms with Crippen molar-refractivity contribution in [2.24, 2.45) is 0 Å². The number of hydrogen-bond acceptors (Lipinski definition) is 4. The van der Waals surface area contributed by atoms with E-state index in [-0.39, 0.29) is 0 Å². The van der Waals surface area contributed by atoms with Gasteiger partial charge in [-0.25, -0.2) is 18.3 Å². The van der Waals surface area contributed by atoms with Crippen molar-refractivity contribution >= 4 is 37.3 Å².